The van der Waals surface area contributed by atoms with Gasteiger partial charge in [0.25, 0.3) is 0 Å². The zero-order valence-electron chi connectivity index (χ0n) is 27.8. The molecule has 10 nitrogen and oxygen atoms in total. The molecule has 1 atom stereocenters. The first-order valence-corrected chi connectivity index (χ1v) is 16.1. The van der Waals surface area contributed by atoms with Gasteiger partial charge in [-0.25, -0.2) is 4.79 Å². The zero-order chi connectivity index (χ0) is 34.2. The minimum absolute atomic E-state index is 0.0458. The first kappa shape index (κ1) is 34.1. The molecule has 1 aliphatic rings. The molecule has 1 aliphatic heterocycles. The molecule has 0 aromatic heterocycles. The lowest BCUT2D eigenvalue weighted by Gasteiger charge is -2.23. The fourth-order valence-corrected chi connectivity index (χ4v) is 6.01. The molecule has 10 heteroatoms. The molecule has 252 valence electrons. The maximum atomic E-state index is 12.5. The Labute approximate surface area is 281 Å². The Bertz CT molecular complexity index is 1750. The van der Waals surface area contributed by atoms with Crippen molar-refractivity contribution in [3.8, 4) is 34.5 Å². The van der Waals surface area contributed by atoms with E-state index in [1.165, 1.54) is 0 Å². The highest BCUT2D eigenvalue weighted by Gasteiger charge is 2.25. The lowest BCUT2D eigenvalue weighted by Crippen LogP contribution is -2.29. The fraction of sp³-hybridized carbons (Fsp3) is 0.316. The van der Waals surface area contributed by atoms with Gasteiger partial charge in [-0.2, -0.15) is 0 Å². The van der Waals surface area contributed by atoms with Crippen molar-refractivity contribution in [3.05, 3.63) is 106 Å². The zero-order valence-corrected chi connectivity index (χ0v) is 27.8. The fourth-order valence-electron chi connectivity index (χ4n) is 6.01. The van der Waals surface area contributed by atoms with Crippen molar-refractivity contribution >= 4 is 11.9 Å². The summed E-state index contributed by atoms with van der Waals surface area (Å²) in [6.07, 6.45) is 1.97. The molecule has 0 saturated carbocycles. The smallest absolute Gasteiger partial charge is 0.315 e. The van der Waals surface area contributed by atoms with E-state index in [-0.39, 0.29) is 29.5 Å². The van der Waals surface area contributed by atoms with Crippen LogP contribution in [0.4, 0.5) is 4.79 Å². The number of phenolic OH excluding ortho intramolecular Hbond substituents is 2. The average molecular weight is 654 g/mol. The first-order valence-electron chi connectivity index (χ1n) is 16.1. The number of ether oxygens (including phenoxy) is 3. The highest BCUT2D eigenvalue weighted by Crippen LogP contribution is 2.38. The Hall–Kier alpha value is -5.22. The quantitative estimate of drug-likeness (QED) is 0.103. The molecule has 3 amide bonds. The third-order valence-electron chi connectivity index (χ3n) is 8.40. The number of urea groups is 1. The lowest BCUT2D eigenvalue weighted by atomic mass is 9.88. The van der Waals surface area contributed by atoms with Gasteiger partial charge in [-0.05, 0) is 121 Å². The van der Waals surface area contributed by atoms with Gasteiger partial charge in [0.05, 0.1) is 12.6 Å². The average Bonchev–Trinajstić information content (AvgIpc) is 3.47. The van der Waals surface area contributed by atoms with E-state index >= 15 is 0 Å². The number of amides is 3. The largest absolute Gasteiger partial charge is 0.508 e. The molecule has 0 bridgehead atoms. The van der Waals surface area contributed by atoms with E-state index in [1.807, 2.05) is 26.8 Å². The van der Waals surface area contributed by atoms with Gasteiger partial charge in [-0.15, -0.1) is 0 Å². The highest BCUT2D eigenvalue weighted by molar-refractivity contribution is 5.77. The van der Waals surface area contributed by atoms with E-state index in [0.717, 1.165) is 44.7 Å². The van der Waals surface area contributed by atoms with Crippen LogP contribution >= 0.6 is 0 Å². The van der Waals surface area contributed by atoms with Crippen molar-refractivity contribution in [1.29, 1.82) is 0 Å². The molecule has 4 aromatic rings. The molecule has 1 heterocycles. The van der Waals surface area contributed by atoms with Gasteiger partial charge in [0.15, 0.2) is 0 Å². The summed E-state index contributed by atoms with van der Waals surface area (Å²) < 4.78 is 17.9. The Morgan fingerprint density at radius 2 is 1.50 bits per heavy atom. The molecule has 4 aromatic carbocycles. The number of phenols is 2. The molecule has 0 spiro atoms. The summed E-state index contributed by atoms with van der Waals surface area (Å²) in [5.41, 5.74) is 6.85. The van der Waals surface area contributed by atoms with Crippen LogP contribution in [0.15, 0.2) is 66.7 Å². The van der Waals surface area contributed by atoms with Gasteiger partial charge in [0.1, 0.15) is 34.5 Å². The van der Waals surface area contributed by atoms with Crippen LogP contribution in [0.25, 0.3) is 0 Å². The third-order valence-corrected chi connectivity index (χ3v) is 8.40. The van der Waals surface area contributed by atoms with Crippen molar-refractivity contribution in [2.24, 2.45) is 0 Å². The van der Waals surface area contributed by atoms with Gasteiger partial charge in [-0.3, -0.25) is 4.79 Å². The second kappa shape index (κ2) is 15.6. The Kier molecular flexibility index (Phi) is 11.1. The van der Waals surface area contributed by atoms with Crippen molar-refractivity contribution in [2.75, 3.05) is 26.8 Å². The third kappa shape index (κ3) is 8.77. The summed E-state index contributed by atoms with van der Waals surface area (Å²) >= 11 is 0. The lowest BCUT2D eigenvalue weighted by molar-refractivity contribution is -0.121. The van der Waals surface area contributed by atoms with Crippen LogP contribution in [0.1, 0.15) is 45.4 Å². The van der Waals surface area contributed by atoms with E-state index < -0.39 is 0 Å². The van der Waals surface area contributed by atoms with Crippen LogP contribution in [-0.2, 0) is 28.8 Å². The molecule has 0 radical (unpaired) electrons. The molecule has 1 unspecified atom stereocenters. The Morgan fingerprint density at radius 1 is 0.875 bits per heavy atom. The van der Waals surface area contributed by atoms with E-state index in [4.69, 9.17) is 14.2 Å². The van der Waals surface area contributed by atoms with Crippen molar-refractivity contribution in [2.45, 2.75) is 52.5 Å². The van der Waals surface area contributed by atoms with E-state index in [2.05, 4.69) is 28.1 Å². The predicted molar refractivity (Wildman–Crippen MR) is 183 cm³/mol. The minimum atomic E-state index is -0.179. The standard InChI is InChI=1S/C38H43N3O7/c1-23-17-26(5-14-35(44)39-15-16-46-4)19-28(37(23)48-33-12-8-31(43)9-13-33)21-34-25(3)36(47-32-10-6-30(42)7-11-32)24(2)18-27(34)20-29-22-40-38(45)41-29/h6-13,17-19,29,42-43H,5,14-16,20-22H2,1-4H3,(H,39,44)(H2,40,41,45). The number of hydrogen-bond donors (Lipinski definition) is 5. The maximum Gasteiger partial charge on any atom is 0.315 e. The summed E-state index contributed by atoms with van der Waals surface area (Å²) in [6.45, 7) is 7.47. The number of aromatic hydroxyl groups is 2. The Balaban J connectivity index is 1.55. The van der Waals surface area contributed by atoms with Crippen LogP contribution in [-0.4, -0.2) is 55.0 Å². The summed E-state index contributed by atoms with van der Waals surface area (Å²) in [4.78, 5) is 24.5. The number of aryl methyl sites for hydroxylation is 3. The van der Waals surface area contributed by atoms with Gasteiger partial charge >= 0.3 is 6.03 Å². The monoisotopic (exact) mass is 653 g/mol. The van der Waals surface area contributed by atoms with Crippen LogP contribution in [0.3, 0.4) is 0 Å². The van der Waals surface area contributed by atoms with Crippen LogP contribution in [0.5, 0.6) is 34.5 Å². The number of methoxy groups -OCH3 is 1. The van der Waals surface area contributed by atoms with Crippen molar-refractivity contribution < 1.29 is 34.0 Å². The van der Waals surface area contributed by atoms with Crippen molar-refractivity contribution in [1.82, 2.24) is 16.0 Å². The van der Waals surface area contributed by atoms with Crippen LogP contribution in [0.2, 0.25) is 0 Å². The molecule has 0 aliphatic carbocycles. The normalized spacial score (nSPS) is 13.9. The number of nitrogens with one attached hydrogen (secondary N) is 3. The number of hydrogen-bond acceptors (Lipinski definition) is 7. The van der Waals surface area contributed by atoms with Crippen LogP contribution < -0.4 is 25.4 Å². The molecule has 5 N–H and O–H groups in total. The topological polar surface area (TPSA) is 138 Å². The number of carbonyl (C=O) groups excluding carboxylic acids is 2. The SMILES string of the molecule is COCCNC(=O)CCc1cc(C)c(Oc2ccc(O)cc2)c(Cc2c(CC3CNC(=O)N3)cc(C)c(Oc3ccc(O)cc3)c2C)c1. The van der Waals surface area contributed by atoms with Gasteiger partial charge in [0, 0.05) is 33.0 Å². The summed E-state index contributed by atoms with van der Waals surface area (Å²) in [5, 5.41) is 28.4. The number of carbonyl (C=O) groups is 2. The summed E-state index contributed by atoms with van der Waals surface area (Å²) in [6, 6.07) is 19.2. The number of benzene rings is 4. The van der Waals surface area contributed by atoms with E-state index in [9.17, 15) is 19.8 Å². The van der Waals surface area contributed by atoms with E-state index in [1.54, 1.807) is 55.6 Å². The van der Waals surface area contributed by atoms with Gasteiger partial charge in [-0.1, -0.05) is 18.2 Å². The molecular formula is C38H43N3O7. The molecule has 1 saturated heterocycles. The predicted octanol–water partition coefficient (Wildman–Crippen LogP) is 6.12. The second-order valence-corrected chi connectivity index (χ2v) is 12.2. The maximum absolute atomic E-state index is 12.5. The van der Waals surface area contributed by atoms with Gasteiger partial charge in [0.2, 0.25) is 5.91 Å². The number of rotatable bonds is 14. The second-order valence-electron chi connectivity index (χ2n) is 12.2. The van der Waals surface area contributed by atoms with Gasteiger partial charge < -0.3 is 40.4 Å². The highest BCUT2D eigenvalue weighted by atomic mass is 16.5. The first-order chi connectivity index (χ1) is 23.1. The molecular weight excluding hydrogens is 610 g/mol. The molecule has 5 rings (SSSR count). The summed E-state index contributed by atoms with van der Waals surface area (Å²) in [5.74, 6) is 2.85. The summed E-state index contributed by atoms with van der Waals surface area (Å²) in [7, 11) is 1.60. The molecule has 1 fully saturated rings. The van der Waals surface area contributed by atoms with E-state index in [0.29, 0.717) is 62.6 Å². The minimum Gasteiger partial charge on any atom is -0.508 e. The molecule has 48 heavy (non-hydrogen) atoms. The Morgan fingerprint density at radius 3 is 2.10 bits per heavy atom. The van der Waals surface area contributed by atoms with Crippen molar-refractivity contribution in [3.63, 3.8) is 0 Å². The van der Waals surface area contributed by atoms with Crippen LogP contribution in [0, 0.1) is 20.8 Å².